The van der Waals surface area contributed by atoms with E-state index in [1.807, 2.05) is 0 Å². The molecule has 2 N–H and O–H groups in total. The Labute approximate surface area is 92.2 Å². The van der Waals surface area contributed by atoms with Crippen molar-refractivity contribution in [3.8, 4) is 0 Å². The van der Waals surface area contributed by atoms with E-state index in [-0.39, 0.29) is 0 Å². The molecule has 0 saturated heterocycles. The smallest absolute Gasteiger partial charge is 0.337 e. The van der Waals surface area contributed by atoms with Gasteiger partial charge in [0.25, 0.3) is 0 Å². The van der Waals surface area contributed by atoms with Gasteiger partial charge in [0.1, 0.15) is 0 Å². The first-order valence-electron chi connectivity index (χ1n) is 4.76. The van der Waals surface area contributed by atoms with Crippen LogP contribution in [0.2, 0.25) is 0 Å². The zero-order chi connectivity index (χ0) is 12.1. The van der Waals surface area contributed by atoms with Gasteiger partial charge in [-0.1, -0.05) is 12.1 Å². The molecule has 1 atom stereocenters. The lowest BCUT2D eigenvalue weighted by Gasteiger charge is -2.12. The molecule has 0 aliphatic carbocycles. The normalized spacial score (nSPS) is 12.6. The van der Waals surface area contributed by atoms with Crippen molar-refractivity contribution in [2.75, 3.05) is 7.11 Å². The average Bonchev–Trinajstić information content (AvgIpc) is 2.27. The molecule has 5 heteroatoms. The zero-order valence-electron chi connectivity index (χ0n) is 8.82. The summed E-state index contributed by atoms with van der Waals surface area (Å²) in [5.74, 6) is -0.508. The minimum Gasteiger partial charge on any atom is -0.465 e. The van der Waals surface area contributed by atoms with E-state index in [0.717, 1.165) is 0 Å². The highest BCUT2D eigenvalue weighted by atomic mass is 19.3. The Morgan fingerprint density at radius 2 is 2.19 bits per heavy atom. The molecule has 1 aromatic carbocycles. The van der Waals surface area contributed by atoms with Crippen LogP contribution in [0, 0.1) is 0 Å². The lowest BCUT2D eigenvalue weighted by atomic mass is 10.0. The Balaban J connectivity index is 2.85. The van der Waals surface area contributed by atoms with Crippen LogP contribution in [-0.2, 0) is 4.74 Å². The number of carbonyl (C=O) groups excluding carboxylic acids is 1. The quantitative estimate of drug-likeness (QED) is 0.804. The lowest BCUT2D eigenvalue weighted by Crippen LogP contribution is -2.14. The molecule has 0 spiro atoms. The molecule has 0 fully saturated rings. The summed E-state index contributed by atoms with van der Waals surface area (Å²) in [6.45, 7) is 0. The van der Waals surface area contributed by atoms with E-state index < -0.39 is 24.9 Å². The summed E-state index contributed by atoms with van der Waals surface area (Å²) in [4.78, 5) is 11.2. The summed E-state index contributed by atoms with van der Waals surface area (Å²) in [6, 6.07) is 5.44. The Hall–Kier alpha value is -1.49. The first-order chi connectivity index (χ1) is 7.54. The second-order valence-corrected chi connectivity index (χ2v) is 3.35. The van der Waals surface area contributed by atoms with Crippen LogP contribution in [0.15, 0.2) is 24.3 Å². The van der Waals surface area contributed by atoms with E-state index in [4.69, 9.17) is 5.73 Å². The molecule has 0 bridgehead atoms. The summed E-state index contributed by atoms with van der Waals surface area (Å²) in [5.41, 5.74) is 6.39. The number of benzene rings is 1. The number of nitrogens with two attached hydrogens (primary N) is 1. The van der Waals surface area contributed by atoms with Gasteiger partial charge in [-0.3, -0.25) is 0 Å². The molecule has 88 valence electrons. The molecule has 0 amide bonds. The van der Waals surface area contributed by atoms with Gasteiger partial charge in [-0.25, -0.2) is 13.6 Å². The van der Waals surface area contributed by atoms with E-state index in [9.17, 15) is 13.6 Å². The summed E-state index contributed by atoms with van der Waals surface area (Å²) < 4.78 is 28.8. The molecular weight excluding hydrogens is 216 g/mol. The van der Waals surface area contributed by atoms with Gasteiger partial charge >= 0.3 is 5.97 Å². The van der Waals surface area contributed by atoms with Gasteiger partial charge in [-0.05, 0) is 17.7 Å². The molecule has 3 nitrogen and oxygen atoms in total. The molecule has 0 aliphatic heterocycles. The predicted octanol–water partition coefficient (Wildman–Crippen LogP) is 2.13. The molecule has 0 radical (unpaired) electrons. The molecule has 0 aromatic heterocycles. The minimum atomic E-state index is -2.46. The number of ether oxygens (including phenoxy) is 1. The van der Waals surface area contributed by atoms with Crippen LogP contribution in [0.1, 0.15) is 28.4 Å². The Morgan fingerprint density at radius 3 is 2.75 bits per heavy atom. The van der Waals surface area contributed by atoms with Gasteiger partial charge in [-0.2, -0.15) is 0 Å². The molecule has 0 saturated carbocycles. The van der Waals surface area contributed by atoms with Crippen molar-refractivity contribution in [2.24, 2.45) is 5.73 Å². The van der Waals surface area contributed by atoms with Crippen LogP contribution in [-0.4, -0.2) is 19.5 Å². The number of hydrogen-bond donors (Lipinski definition) is 1. The zero-order valence-corrected chi connectivity index (χ0v) is 8.82. The largest absolute Gasteiger partial charge is 0.465 e. The number of halogens is 2. The van der Waals surface area contributed by atoms with Crippen LogP contribution < -0.4 is 5.73 Å². The maximum Gasteiger partial charge on any atom is 0.337 e. The standard InChI is InChI=1S/C11H13F2NO2/c1-16-11(15)8-4-2-3-7(5-8)9(14)6-10(12)13/h2-5,9-10H,6,14H2,1H3/t9-/m1/s1. The van der Waals surface area contributed by atoms with Gasteiger partial charge in [0.2, 0.25) is 6.43 Å². The van der Waals surface area contributed by atoms with Crippen LogP contribution in [0.5, 0.6) is 0 Å². The Morgan fingerprint density at radius 1 is 1.50 bits per heavy atom. The lowest BCUT2D eigenvalue weighted by molar-refractivity contribution is 0.0600. The molecular formula is C11H13F2NO2. The monoisotopic (exact) mass is 229 g/mol. The van der Waals surface area contributed by atoms with Gasteiger partial charge in [0, 0.05) is 12.5 Å². The van der Waals surface area contributed by atoms with Crippen molar-refractivity contribution in [3.63, 3.8) is 0 Å². The second-order valence-electron chi connectivity index (χ2n) is 3.35. The molecule has 0 aliphatic rings. The highest BCUT2D eigenvalue weighted by Crippen LogP contribution is 2.19. The maximum absolute atomic E-state index is 12.1. The van der Waals surface area contributed by atoms with Crippen LogP contribution in [0.4, 0.5) is 8.78 Å². The third-order valence-electron chi connectivity index (χ3n) is 2.17. The van der Waals surface area contributed by atoms with Crippen LogP contribution >= 0.6 is 0 Å². The summed E-state index contributed by atoms with van der Waals surface area (Å²) in [7, 11) is 1.26. The minimum absolute atomic E-state index is 0.310. The average molecular weight is 229 g/mol. The summed E-state index contributed by atoms with van der Waals surface area (Å²) in [5, 5.41) is 0. The van der Waals surface area contributed by atoms with Crippen molar-refractivity contribution in [1.82, 2.24) is 0 Å². The van der Waals surface area contributed by atoms with E-state index in [0.29, 0.717) is 11.1 Å². The molecule has 1 rings (SSSR count). The molecule has 0 unspecified atom stereocenters. The number of hydrogen-bond acceptors (Lipinski definition) is 3. The van der Waals surface area contributed by atoms with Crippen molar-refractivity contribution in [2.45, 2.75) is 18.9 Å². The maximum atomic E-state index is 12.1. The Kier molecular flexibility index (Phi) is 4.37. The van der Waals surface area contributed by atoms with Gasteiger partial charge in [-0.15, -0.1) is 0 Å². The van der Waals surface area contributed by atoms with Gasteiger partial charge in [0.05, 0.1) is 12.7 Å². The molecule has 16 heavy (non-hydrogen) atoms. The van der Waals surface area contributed by atoms with Gasteiger partial charge in [0.15, 0.2) is 0 Å². The number of carbonyl (C=O) groups is 1. The van der Waals surface area contributed by atoms with Crippen molar-refractivity contribution in [1.29, 1.82) is 0 Å². The fraction of sp³-hybridized carbons (Fsp3) is 0.364. The van der Waals surface area contributed by atoms with Gasteiger partial charge < -0.3 is 10.5 Å². The Bertz CT molecular complexity index is 369. The fourth-order valence-corrected chi connectivity index (χ4v) is 1.34. The fourth-order valence-electron chi connectivity index (χ4n) is 1.34. The van der Waals surface area contributed by atoms with Crippen molar-refractivity contribution in [3.05, 3.63) is 35.4 Å². The van der Waals surface area contributed by atoms with Crippen LogP contribution in [0.3, 0.4) is 0 Å². The third-order valence-corrected chi connectivity index (χ3v) is 2.17. The van der Waals surface area contributed by atoms with E-state index in [1.165, 1.54) is 13.2 Å². The van der Waals surface area contributed by atoms with E-state index >= 15 is 0 Å². The number of rotatable bonds is 4. The predicted molar refractivity (Wildman–Crippen MR) is 55.3 cm³/mol. The number of alkyl halides is 2. The highest BCUT2D eigenvalue weighted by Gasteiger charge is 2.14. The van der Waals surface area contributed by atoms with Crippen LogP contribution in [0.25, 0.3) is 0 Å². The summed E-state index contributed by atoms with van der Waals surface area (Å²) in [6.07, 6.45) is -2.89. The van der Waals surface area contributed by atoms with Crippen molar-refractivity contribution >= 4 is 5.97 Å². The van der Waals surface area contributed by atoms with E-state index in [2.05, 4.69) is 4.74 Å². The third kappa shape index (κ3) is 3.27. The first kappa shape index (κ1) is 12.6. The molecule has 0 heterocycles. The topological polar surface area (TPSA) is 52.3 Å². The highest BCUT2D eigenvalue weighted by molar-refractivity contribution is 5.89. The molecule has 1 aromatic rings. The number of methoxy groups -OCH3 is 1. The number of esters is 1. The second kappa shape index (κ2) is 5.55. The SMILES string of the molecule is COC(=O)c1cccc([C@H](N)CC(F)F)c1. The first-order valence-corrected chi connectivity index (χ1v) is 4.76. The summed E-state index contributed by atoms with van der Waals surface area (Å²) >= 11 is 0. The van der Waals surface area contributed by atoms with E-state index in [1.54, 1.807) is 18.2 Å². The van der Waals surface area contributed by atoms with Crippen molar-refractivity contribution < 1.29 is 18.3 Å².